The third-order valence-corrected chi connectivity index (χ3v) is 3.56. The summed E-state index contributed by atoms with van der Waals surface area (Å²) >= 11 is 0. The fourth-order valence-electron chi connectivity index (χ4n) is 2.66. The van der Waals surface area contributed by atoms with E-state index in [-0.39, 0.29) is 18.1 Å². The summed E-state index contributed by atoms with van der Waals surface area (Å²) in [6.45, 7) is 1.28. The minimum atomic E-state index is -0.387. The van der Waals surface area contributed by atoms with E-state index >= 15 is 0 Å². The molecule has 0 radical (unpaired) electrons. The first-order chi connectivity index (χ1) is 8.25. The van der Waals surface area contributed by atoms with Crippen molar-refractivity contribution >= 4 is 11.6 Å². The molecular formula is C13H16N2O2. The Morgan fingerprint density at radius 1 is 1.41 bits per heavy atom. The molecule has 4 nitrogen and oxygen atoms in total. The van der Waals surface area contributed by atoms with Gasteiger partial charge in [-0.3, -0.25) is 4.79 Å². The standard InChI is InChI=1S/C13H16N2O2/c16-10-7-11(14-8-10)13(17)15-6-5-9-3-1-2-4-12(9)15/h1-4,10-11,14,16H,5-8H2/t10-,11-/m0/s1. The van der Waals surface area contributed by atoms with Crippen LogP contribution in [-0.4, -0.2) is 36.2 Å². The monoisotopic (exact) mass is 232 g/mol. The van der Waals surface area contributed by atoms with Crippen LogP contribution in [0.5, 0.6) is 0 Å². The van der Waals surface area contributed by atoms with Crippen molar-refractivity contribution in [2.24, 2.45) is 0 Å². The lowest BCUT2D eigenvalue weighted by molar-refractivity contribution is -0.120. The number of hydrogen-bond donors (Lipinski definition) is 2. The summed E-state index contributed by atoms with van der Waals surface area (Å²) in [4.78, 5) is 14.1. The highest BCUT2D eigenvalue weighted by Crippen LogP contribution is 2.28. The van der Waals surface area contributed by atoms with Crippen LogP contribution in [0, 0.1) is 0 Å². The maximum absolute atomic E-state index is 12.3. The second-order valence-corrected chi connectivity index (χ2v) is 4.72. The second-order valence-electron chi connectivity index (χ2n) is 4.72. The minimum absolute atomic E-state index is 0.0894. The van der Waals surface area contributed by atoms with Crippen LogP contribution in [0.1, 0.15) is 12.0 Å². The molecule has 0 spiro atoms. The van der Waals surface area contributed by atoms with Crippen molar-refractivity contribution in [3.8, 4) is 0 Å². The lowest BCUT2D eigenvalue weighted by atomic mass is 10.1. The van der Waals surface area contributed by atoms with Gasteiger partial charge in [-0.2, -0.15) is 0 Å². The van der Waals surface area contributed by atoms with Crippen molar-refractivity contribution in [3.63, 3.8) is 0 Å². The van der Waals surface area contributed by atoms with Crippen LogP contribution in [0.15, 0.2) is 24.3 Å². The van der Waals surface area contributed by atoms with Gasteiger partial charge >= 0.3 is 0 Å². The minimum Gasteiger partial charge on any atom is -0.392 e. The highest BCUT2D eigenvalue weighted by Gasteiger charge is 2.34. The van der Waals surface area contributed by atoms with Crippen LogP contribution in [0.4, 0.5) is 5.69 Å². The first kappa shape index (κ1) is 10.7. The summed E-state index contributed by atoms with van der Waals surface area (Å²) in [5, 5.41) is 12.5. The number of fused-ring (bicyclic) bond motifs is 1. The highest BCUT2D eigenvalue weighted by molar-refractivity contribution is 5.99. The number of carbonyl (C=O) groups is 1. The quantitative estimate of drug-likeness (QED) is 0.732. The molecule has 2 N–H and O–H groups in total. The molecule has 0 saturated carbocycles. The van der Waals surface area contributed by atoms with Crippen molar-refractivity contribution in [3.05, 3.63) is 29.8 Å². The molecule has 0 bridgehead atoms. The summed E-state index contributed by atoms with van der Waals surface area (Å²) in [5.74, 6) is 0.0894. The molecule has 0 aliphatic carbocycles. The summed E-state index contributed by atoms with van der Waals surface area (Å²) in [6.07, 6.45) is 1.07. The van der Waals surface area contributed by atoms with Gasteiger partial charge in [-0.25, -0.2) is 0 Å². The number of amides is 1. The number of aliphatic hydroxyl groups is 1. The molecule has 1 fully saturated rings. The van der Waals surface area contributed by atoms with Crippen LogP contribution >= 0.6 is 0 Å². The second kappa shape index (κ2) is 4.13. The average molecular weight is 232 g/mol. The largest absolute Gasteiger partial charge is 0.392 e. The molecule has 1 aromatic rings. The molecular weight excluding hydrogens is 216 g/mol. The van der Waals surface area contributed by atoms with Gasteiger partial charge < -0.3 is 15.3 Å². The van der Waals surface area contributed by atoms with Crippen molar-refractivity contribution in [1.82, 2.24) is 5.32 Å². The number of aliphatic hydroxyl groups excluding tert-OH is 1. The van der Waals surface area contributed by atoms with Crippen LogP contribution in [-0.2, 0) is 11.2 Å². The van der Waals surface area contributed by atoms with E-state index in [1.807, 2.05) is 23.1 Å². The van der Waals surface area contributed by atoms with Crippen molar-refractivity contribution in [1.29, 1.82) is 0 Å². The van der Waals surface area contributed by atoms with Crippen molar-refractivity contribution < 1.29 is 9.90 Å². The van der Waals surface area contributed by atoms with E-state index in [1.165, 1.54) is 5.56 Å². The average Bonchev–Trinajstić information content (AvgIpc) is 2.94. The van der Waals surface area contributed by atoms with Gasteiger partial charge in [-0.05, 0) is 24.5 Å². The van der Waals surface area contributed by atoms with E-state index < -0.39 is 0 Å². The van der Waals surface area contributed by atoms with E-state index in [0.29, 0.717) is 13.0 Å². The number of hydrogen-bond acceptors (Lipinski definition) is 3. The highest BCUT2D eigenvalue weighted by atomic mass is 16.3. The van der Waals surface area contributed by atoms with Gasteiger partial charge in [0.2, 0.25) is 5.91 Å². The molecule has 0 aromatic heterocycles. The molecule has 1 saturated heterocycles. The Bertz CT molecular complexity index is 447. The number of para-hydroxylation sites is 1. The molecule has 17 heavy (non-hydrogen) atoms. The van der Waals surface area contributed by atoms with Gasteiger partial charge in [0.25, 0.3) is 0 Å². The van der Waals surface area contributed by atoms with Crippen molar-refractivity contribution in [2.75, 3.05) is 18.0 Å². The Kier molecular flexibility index (Phi) is 2.61. The van der Waals surface area contributed by atoms with Gasteiger partial charge in [0.05, 0.1) is 12.1 Å². The number of nitrogens with one attached hydrogen (secondary N) is 1. The molecule has 4 heteroatoms. The number of β-amino-alcohol motifs (C(OH)–C–C–N with tert-alkyl or cyclic N) is 1. The van der Waals surface area contributed by atoms with E-state index in [1.54, 1.807) is 0 Å². The maximum Gasteiger partial charge on any atom is 0.244 e. The Morgan fingerprint density at radius 2 is 2.24 bits per heavy atom. The topological polar surface area (TPSA) is 52.6 Å². The molecule has 2 heterocycles. The summed E-state index contributed by atoms with van der Waals surface area (Å²) in [6, 6.07) is 7.80. The molecule has 90 valence electrons. The van der Waals surface area contributed by atoms with Gasteiger partial charge in [0, 0.05) is 18.8 Å². The van der Waals surface area contributed by atoms with Crippen molar-refractivity contribution in [2.45, 2.75) is 25.0 Å². The molecule has 3 rings (SSSR count). The molecule has 0 unspecified atom stereocenters. The number of anilines is 1. The first-order valence-corrected chi connectivity index (χ1v) is 6.06. The molecule has 1 aromatic carbocycles. The molecule has 1 amide bonds. The summed E-state index contributed by atoms with van der Waals surface area (Å²) in [7, 11) is 0. The Balaban J connectivity index is 1.80. The summed E-state index contributed by atoms with van der Waals surface area (Å²) in [5.41, 5.74) is 2.26. The van der Waals surface area contributed by atoms with E-state index in [9.17, 15) is 9.90 Å². The normalized spacial score (nSPS) is 27.2. The smallest absolute Gasteiger partial charge is 0.244 e. The predicted octanol–water partition coefficient (Wildman–Crippen LogP) is 0.298. The van der Waals surface area contributed by atoms with Crippen LogP contribution < -0.4 is 10.2 Å². The maximum atomic E-state index is 12.3. The van der Waals surface area contributed by atoms with E-state index in [2.05, 4.69) is 11.4 Å². The molecule has 2 atom stereocenters. The van der Waals surface area contributed by atoms with E-state index in [0.717, 1.165) is 18.7 Å². The van der Waals surface area contributed by atoms with Gasteiger partial charge in [-0.1, -0.05) is 18.2 Å². The lowest BCUT2D eigenvalue weighted by Gasteiger charge is -2.21. The Morgan fingerprint density at radius 3 is 3.00 bits per heavy atom. The predicted molar refractivity (Wildman–Crippen MR) is 64.9 cm³/mol. The van der Waals surface area contributed by atoms with E-state index in [4.69, 9.17) is 0 Å². The lowest BCUT2D eigenvalue weighted by Crippen LogP contribution is -2.42. The first-order valence-electron chi connectivity index (χ1n) is 6.06. The molecule has 2 aliphatic heterocycles. The Hall–Kier alpha value is -1.39. The number of rotatable bonds is 1. The van der Waals surface area contributed by atoms with Gasteiger partial charge in [0.1, 0.15) is 0 Å². The van der Waals surface area contributed by atoms with Crippen LogP contribution in [0.2, 0.25) is 0 Å². The number of benzene rings is 1. The fraction of sp³-hybridized carbons (Fsp3) is 0.462. The van der Waals surface area contributed by atoms with Crippen LogP contribution in [0.25, 0.3) is 0 Å². The van der Waals surface area contributed by atoms with Gasteiger partial charge in [-0.15, -0.1) is 0 Å². The fourth-order valence-corrected chi connectivity index (χ4v) is 2.66. The zero-order chi connectivity index (χ0) is 11.8. The zero-order valence-corrected chi connectivity index (χ0v) is 9.60. The number of carbonyl (C=O) groups excluding carboxylic acids is 1. The third kappa shape index (κ3) is 1.83. The molecule has 2 aliphatic rings. The van der Waals surface area contributed by atoms with Crippen LogP contribution in [0.3, 0.4) is 0 Å². The summed E-state index contributed by atoms with van der Waals surface area (Å²) < 4.78 is 0. The zero-order valence-electron chi connectivity index (χ0n) is 9.60. The third-order valence-electron chi connectivity index (χ3n) is 3.56. The SMILES string of the molecule is O=C([C@@H]1C[C@H](O)CN1)N1CCc2ccccc21. The van der Waals surface area contributed by atoms with Gasteiger partial charge in [0.15, 0.2) is 0 Å². The number of nitrogens with zero attached hydrogens (tertiary/aromatic N) is 1. The Labute approximate surface area is 100 Å².